The predicted molar refractivity (Wildman–Crippen MR) is 85.5 cm³/mol. The van der Waals surface area contributed by atoms with Crippen LogP contribution in [0.2, 0.25) is 0 Å². The monoisotopic (exact) mass is 296 g/mol. The van der Waals surface area contributed by atoms with Crippen molar-refractivity contribution < 1.29 is 9.90 Å². The third-order valence-corrected chi connectivity index (χ3v) is 5.28. The number of carbonyl (C=O) groups is 1. The van der Waals surface area contributed by atoms with E-state index in [1.54, 1.807) is 0 Å². The van der Waals surface area contributed by atoms with Crippen molar-refractivity contribution in [2.45, 2.75) is 89.9 Å². The fourth-order valence-corrected chi connectivity index (χ4v) is 4.45. The van der Waals surface area contributed by atoms with Gasteiger partial charge < -0.3 is 5.11 Å². The van der Waals surface area contributed by atoms with Crippen molar-refractivity contribution in [1.82, 2.24) is 10.2 Å². The van der Waals surface area contributed by atoms with E-state index in [1.807, 2.05) is 13.8 Å². The van der Waals surface area contributed by atoms with Crippen LogP contribution in [-0.4, -0.2) is 46.2 Å². The lowest BCUT2D eigenvalue weighted by atomic mass is 9.77. The molecule has 0 radical (unpaired) electrons. The average molecular weight is 296 g/mol. The van der Waals surface area contributed by atoms with E-state index in [4.69, 9.17) is 0 Å². The van der Waals surface area contributed by atoms with Crippen LogP contribution in [0.15, 0.2) is 0 Å². The van der Waals surface area contributed by atoms with Crippen molar-refractivity contribution in [3.63, 3.8) is 0 Å². The van der Waals surface area contributed by atoms with Crippen LogP contribution in [0.3, 0.4) is 0 Å². The molecule has 4 heteroatoms. The van der Waals surface area contributed by atoms with E-state index in [0.29, 0.717) is 18.0 Å². The highest BCUT2D eigenvalue weighted by Crippen LogP contribution is 2.36. The number of likely N-dealkylation sites (tertiary alicyclic amines) is 1. The van der Waals surface area contributed by atoms with E-state index >= 15 is 0 Å². The molecule has 21 heavy (non-hydrogen) atoms. The molecule has 4 nitrogen and oxygen atoms in total. The summed E-state index contributed by atoms with van der Waals surface area (Å²) in [6, 6.07) is 1.27. The molecule has 0 spiro atoms. The first-order valence-corrected chi connectivity index (χ1v) is 8.62. The number of rotatable bonds is 5. The first kappa shape index (κ1) is 16.8. The molecule has 0 amide bonds. The summed E-state index contributed by atoms with van der Waals surface area (Å²) in [7, 11) is 0. The summed E-state index contributed by atoms with van der Waals surface area (Å²) in [6.45, 7) is 9.82. The van der Waals surface area contributed by atoms with E-state index in [1.165, 1.54) is 12.8 Å². The summed E-state index contributed by atoms with van der Waals surface area (Å²) >= 11 is 0. The predicted octanol–water partition coefficient (Wildman–Crippen LogP) is 2.87. The van der Waals surface area contributed by atoms with Crippen LogP contribution in [0, 0.1) is 5.92 Å². The molecule has 122 valence electrons. The first-order chi connectivity index (χ1) is 9.85. The summed E-state index contributed by atoms with van der Waals surface area (Å²) in [5.74, 6) is -0.00657. The molecule has 2 rings (SSSR count). The Morgan fingerprint density at radius 2 is 1.95 bits per heavy atom. The van der Waals surface area contributed by atoms with Crippen LogP contribution in [-0.2, 0) is 4.79 Å². The second-order valence-electron chi connectivity index (χ2n) is 7.63. The van der Waals surface area contributed by atoms with Gasteiger partial charge in [-0.3, -0.25) is 15.0 Å². The molecule has 0 aromatic heterocycles. The molecule has 1 saturated heterocycles. The van der Waals surface area contributed by atoms with Gasteiger partial charge in [0.05, 0.1) is 0 Å². The maximum atomic E-state index is 11.9. The number of carboxylic acid groups (broad SMARTS) is 1. The van der Waals surface area contributed by atoms with Gasteiger partial charge in [0.1, 0.15) is 5.54 Å². The van der Waals surface area contributed by atoms with E-state index in [2.05, 4.69) is 24.1 Å². The van der Waals surface area contributed by atoms with Crippen molar-refractivity contribution in [3.8, 4) is 0 Å². The normalized spacial score (nSPS) is 34.8. The highest BCUT2D eigenvalue weighted by molar-refractivity contribution is 5.79. The van der Waals surface area contributed by atoms with Crippen LogP contribution >= 0.6 is 0 Å². The first-order valence-electron chi connectivity index (χ1n) is 8.62. The number of aliphatic carboxylic acids is 1. The minimum absolute atomic E-state index is 0.208. The minimum atomic E-state index is -0.721. The van der Waals surface area contributed by atoms with Gasteiger partial charge in [-0.2, -0.15) is 0 Å². The van der Waals surface area contributed by atoms with Crippen molar-refractivity contribution in [2.24, 2.45) is 5.92 Å². The summed E-state index contributed by atoms with van der Waals surface area (Å²) in [4.78, 5) is 14.5. The smallest absolute Gasteiger partial charge is 0.323 e. The fourth-order valence-electron chi connectivity index (χ4n) is 4.45. The number of nitrogens with zero attached hydrogens (tertiary/aromatic N) is 1. The van der Waals surface area contributed by atoms with Crippen LogP contribution < -0.4 is 5.32 Å². The zero-order valence-corrected chi connectivity index (χ0v) is 14.1. The van der Waals surface area contributed by atoms with Gasteiger partial charge in [0.2, 0.25) is 0 Å². The van der Waals surface area contributed by atoms with Gasteiger partial charge in [0, 0.05) is 18.1 Å². The largest absolute Gasteiger partial charge is 0.480 e. The summed E-state index contributed by atoms with van der Waals surface area (Å²) < 4.78 is 0. The third kappa shape index (κ3) is 3.59. The van der Waals surface area contributed by atoms with Crippen molar-refractivity contribution in [3.05, 3.63) is 0 Å². The molecule has 1 saturated carbocycles. The van der Waals surface area contributed by atoms with Gasteiger partial charge >= 0.3 is 5.97 Å². The number of hydrogen-bond donors (Lipinski definition) is 2. The molecule has 1 heterocycles. The molecule has 3 atom stereocenters. The summed E-state index contributed by atoms with van der Waals surface area (Å²) in [6.07, 6.45) is 6.21. The Hall–Kier alpha value is -0.610. The summed E-state index contributed by atoms with van der Waals surface area (Å²) in [5.41, 5.74) is -0.721. The zero-order valence-electron chi connectivity index (χ0n) is 14.1. The Balaban J connectivity index is 2.13. The highest BCUT2D eigenvalue weighted by atomic mass is 16.4. The maximum absolute atomic E-state index is 11.9. The second kappa shape index (κ2) is 6.66. The molecule has 1 aliphatic carbocycles. The number of carboxylic acids is 1. The van der Waals surface area contributed by atoms with Gasteiger partial charge in [0.25, 0.3) is 0 Å². The number of nitrogens with one attached hydrogen (secondary N) is 1. The quantitative estimate of drug-likeness (QED) is 0.819. The summed E-state index contributed by atoms with van der Waals surface area (Å²) in [5, 5.41) is 13.2. The average Bonchev–Trinajstić information content (AvgIpc) is 2.87. The lowest BCUT2D eigenvalue weighted by Gasteiger charge is -2.45. The molecule has 0 aromatic carbocycles. The standard InChI is InChI=1S/C17H32N2O2/c1-12(2)15-8-6-10-19(15)14-7-5-9-17(11-14,16(20)21)18-13(3)4/h12-15,18H,5-11H2,1-4H3,(H,20,21). The Morgan fingerprint density at radius 3 is 2.52 bits per heavy atom. The molecular formula is C17H32N2O2. The van der Waals surface area contributed by atoms with Crippen LogP contribution in [0.1, 0.15) is 66.2 Å². The Morgan fingerprint density at radius 1 is 1.24 bits per heavy atom. The molecule has 2 N–H and O–H groups in total. The zero-order chi connectivity index (χ0) is 15.6. The number of hydrogen-bond acceptors (Lipinski definition) is 3. The lowest BCUT2D eigenvalue weighted by molar-refractivity contribution is -0.148. The van der Waals surface area contributed by atoms with Crippen molar-refractivity contribution >= 4 is 5.97 Å². The topological polar surface area (TPSA) is 52.6 Å². The van der Waals surface area contributed by atoms with E-state index in [0.717, 1.165) is 32.2 Å². The van der Waals surface area contributed by atoms with E-state index in [9.17, 15) is 9.90 Å². The SMILES string of the molecule is CC(C)NC1(C(=O)O)CCCC(N2CCCC2C(C)C)C1. The van der Waals surface area contributed by atoms with E-state index < -0.39 is 11.5 Å². The molecule has 0 bridgehead atoms. The maximum Gasteiger partial charge on any atom is 0.323 e. The fraction of sp³-hybridized carbons (Fsp3) is 0.941. The van der Waals surface area contributed by atoms with Crippen molar-refractivity contribution in [2.75, 3.05) is 6.54 Å². The molecule has 0 aromatic rings. The van der Waals surface area contributed by atoms with Crippen molar-refractivity contribution in [1.29, 1.82) is 0 Å². The van der Waals surface area contributed by atoms with Crippen LogP contribution in [0.5, 0.6) is 0 Å². The Labute approximate surface area is 129 Å². The van der Waals surface area contributed by atoms with E-state index in [-0.39, 0.29) is 6.04 Å². The molecule has 2 fully saturated rings. The lowest BCUT2D eigenvalue weighted by Crippen LogP contribution is -2.60. The van der Waals surface area contributed by atoms with Crippen LogP contribution in [0.25, 0.3) is 0 Å². The molecular weight excluding hydrogens is 264 g/mol. The molecule has 1 aliphatic heterocycles. The van der Waals surface area contributed by atoms with Gasteiger partial charge in [0.15, 0.2) is 0 Å². The molecule has 3 unspecified atom stereocenters. The molecule has 2 aliphatic rings. The Bertz CT molecular complexity index is 370. The van der Waals surface area contributed by atoms with Gasteiger partial charge in [-0.05, 0) is 64.8 Å². The van der Waals surface area contributed by atoms with Crippen LogP contribution in [0.4, 0.5) is 0 Å². The van der Waals surface area contributed by atoms with Gasteiger partial charge in [-0.15, -0.1) is 0 Å². The highest BCUT2D eigenvalue weighted by Gasteiger charge is 2.46. The Kier molecular flexibility index (Phi) is 5.31. The van der Waals surface area contributed by atoms with Gasteiger partial charge in [-0.25, -0.2) is 0 Å². The third-order valence-electron chi connectivity index (χ3n) is 5.28. The second-order valence-corrected chi connectivity index (χ2v) is 7.63. The minimum Gasteiger partial charge on any atom is -0.480 e. The van der Waals surface area contributed by atoms with Gasteiger partial charge in [-0.1, -0.05) is 13.8 Å².